The minimum Gasteiger partial charge on any atom is -0.403 e. The normalized spacial score (nSPS) is 36.0. The van der Waals surface area contributed by atoms with E-state index in [1.54, 1.807) is 12.1 Å². The van der Waals surface area contributed by atoms with Crippen molar-refractivity contribution in [3.05, 3.63) is 79.9 Å². The van der Waals surface area contributed by atoms with E-state index in [0.29, 0.717) is 11.1 Å². The molecule has 2 aromatic carbocycles. The van der Waals surface area contributed by atoms with Gasteiger partial charge in [0, 0.05) is 34.8 Å². The minimum absolute atomic E-state index is 0.00432. The molecule has 14 nitrogen and oxygen atoms in total. The molecule has 10 rings (SSSR count). The van der Waals surface area contributed by atoms with Crippen LogP contribution in [0.1, 0.15) is 114 Å². The van der Waals surface area contributed by atoms with Gasteiger partial charge in [-0.1, -0.05) is 70.5 Å². The summed E-state index contributed by atoms with van der Waals surface area (Å²) in [4.78, 5) is 64.5. The number of rotatable bonds is 11. The molecule has 4 N–H and O–H groups in total. The summed E-state index contributed by atoms with van der Waals surface area (Å²) in [6, 6.07) is 9.37. The Balaban J connectivity index is 1.03. The van der Waals surface area contributed by atoms with Crippen molar-refractivity contribution in [1.29, 1.82) is 0 Å². The number of benzene rings is 2. The number of allylic oxidation sites excluding steroid dienone is 2. The lowest BCUT2D eigenvalue weighted by atomic mass is 9.53. The molecule has 0 aromatic heterocycles. The first-order valence-electron chi connectivity index (χ1n) is 21.2. The number of phosphoric acid groups is 2. The van der Waals surface area contributed by atoms with Crippen molar-refractivity contribution in [3.8, 4) is 11.5 Å². The third-order valence-electron chi connectivity index (χ3n) is 14.8. The Morgan fingerprint density at radius 3 is 1.38 bits per heavy atom. The molecule has 326 valence electrons. The highest BCUT2D eigenvalue weighted by Gasteiger charge is 2.77. The van der Waals surface area contributed by atoms with Gasteiger partial charge in [-0.15, -0.1) is 0 Å². The molecular weight excluding hydrogens is 861 g/mol. The molecule has 8 atom stereocenters. The lowest BCUT2D eigenvalue weighted by Crippen LogP contribution is -2.75. The molecule has 2 aromatic rings. The van der Waals surface area contributed by atoms with Gasteiger partial charge < -0.3 is 18.5 Å². The second-order valence-electron chi connectivity index (χ2n) is 17.7. The fourth-order valence-corrected chi connectivity index (χ4v) is 13.9. The molecule has 6 aliphatic carbocycles. The molecule has 2 heterocycles. The van der Waals surface area contributed by atoms with Crippen molar-refractivity contribution in [1.82, 2.24) is 0 Å². The predicted octanol–water partition coefficient (Wildman–Crippen LogP) is 9.76. The zero-order valence-corrected chi connectivity index (χ0v) is 36.3. The highest BCUT2D eigenvalue weighted by Crippen LogP contribution is 2.69. The van der Waals surface area contributed by atoms with Gasteiger partial charge in [-0.05, 0) is 114 Å². The van der Waals surface area contributed by atoms with E-state index in [2.05, 4.69) is 0 Å². The molecule has 8 aliphatic rings. The quantitative estimate of drug-likeness (QED) is 0.0722. The first-order chi connectivity index (χ1) is 28.7. The van der Waals surface area contributed by atoms with Crippen molar-refractivity contribution >= 4 is 38.8 Å². The third kappa shape index (κ3) is 6.58. The van der Waals surface area contributed by atoms with Crippen LogP contribution in [0.15, 0.2) is 58.7 Å². The highest BCUT2D eigenvalue weighted by atomic mass is 35.5. The Labute approximate surface area is 358 Å². The molecular formula is C42H50Cl2O14P2. The zero-order chi connectivity index (χ0) is 41.7. The van der Waals surface area contributed by atoms with Gasteiger partial charge in [-0.25, -0.2) is 18.9 Å². The molecule has 4 fully saturated rings. The van der Waals surface area contributed by atoms with E-state index < -0.39 is 38.4 Å². The minimum atomic E-state index is -4.99. The van der Waals surface area contributed by atoms with Gasteiger partial charge in [0.1, 0.15) is 0 Å². The fraction of sp³-hybridized carbons (Fsp3) is 0.619. The summed E-state index contributed by atoms with van der Waals surface area (Å²) >= 11 is 12.9. The van der Waals surface area contributed by atoms with Crippen molar-refractivity contribution in [3.63, 3.8) is 0 Å². The summed E-state index contributed by atoms with van der Waals surface area (Å²) < 4.78 is 48.3. The average molecular weight is 912 g/mol. The Morgan fingerprint density at radius 2 is 1.00 bits per heavy atom. The predicted molar refractivity (Wildman–Crippen MR) is 215 cm³/mol. The van der Waals surface area contributed by atoms with E-state index >= 15 is 0 Å². The van der Waals surface area contributed by atoms with Crippen LogP contribution in [0, 0.1) is 23.7 Å². The van der Waals surface area contributed by atoms with E-state index in [4.69, 9.17) is 61.3 Å². The molecule has 8 unspecified atom stereocenters. The first kappa shape index (κ1) is 42.1. The molecule has 0 amide bonds. The smallest absolute Gasteiger partial charge is 0.403 e. The number of ether oxygens (including phenoxy) is 2. The second kappa shape index (κ2) is 15.4. The molecule has 2 saturated heterocycles. The maximum absolute atomic E-state index is 12.1. The van der Waals surface area contributed by atoms with Gasteiger partial charge in [-0.2, -0.15) is 9.78 Å². The third-order valence-corrected chi connectivity index (χ3v) is 16.3. The van der Waals surface area contributed by atoms with Gasteiger partial charge in [0.15, 0.2) is 22.7 Å². The Morgan fingerprint density at radius 1 is 0.583 bits per heavy atom. The number of halogens is 2. The topological polar surface area (TPSA) is 189 Å². The van der Waals surface area contributed by atoms with E-state index in [-0.39, 0.29) is 58.4 Å². The molecule has 2 spiro atoms. The molecule has 4 bridgehead atoms. The Hall–Kier alpha value is -1.84. The fourth-order valence-electron chi connectivity index (χ4n) is 12.7. The van der Waals surface area contributed by atoms with Crippen molar-refractivity contribution in [2.75, 3.05) is 13.2 Å². The average Bonchev–Trinajstić information content (AvgIpc) is 3.19. The van der Waals surface area contributed by atoms with Crippen LogP contribution < -0.4 is 9.05 Å². The van der Waals surface area contributed by atoms with Crippen LogP contribution in [-0.2, 0) is 49.7 Å². The largest absolute Gasteiger partial charge is 0.524 e. The number of hydrogen-bond donors (Lipinski definition) is 4. The van der Waals surface area contributed by atoms with Crippen LogP contribution in [0.4, 0.5) is 0 Å². The van der Waals surface area contributed by atoms with Crippen LogP contribution in [0.3, 0.4) is 0 Å². The number of phosphoric ester groups is 2. The van der Waals surface area contributed by atoms with Gasteiger partial charge in [0.2, 0.25) is 0 Å². The summed E-state index contributed by atoms with van der Waals surface area (Å²) in [6.45, 7) is -0.116. The maximum Gasteiger partial charge on any atom is 0.524 e. The summed E-state index contributed by atoms with van der Waals surface area (Å²) in [5.74, 6) is -3.50. The highest BCUT2D eigenvalue weighted by molar-refractivity contribution is 7.47. The Bertz CT molecular complexity index is 2070. The van der Waals surface area contributed by atoms with Gasteiger partial charge in [0.25, 0.3) is 11.6 Å². The Kier molecular flexibility index (Phi) is 10.8. The molecule has 2 aliphatic heterocycles. The molecule has 60 heavy (non-hydrogen) atoms. The van der Waals surface area contributed by atoms with E-state index in [0.717, 1.165) is 103 Å². The van der Waals surface area contributed by atoms with Crippen LogP contribution in [0.5, 0.6) is 11.5 Å². The second-order valence-corrected chi connectivity index (χ2v) is 20.9. The molecule has 18 heteroatoms. The molecule has 0 radical (unpaired) electrons. The van der Waals surface area contributed by atoms with E-state index in [1.165, 1.54) is 46.6 Å². The van der Waals surface area contributed by atoms with E-state index in [9.17, 15) is 28.7 Å². The van der Waals surface area contributed by atoms with Crippen LogP contribution in [-0.4, -0.2) is 44.0 Å². The summed E-state index contributed by atoms with van der Waals surface area (Å²) in [5, 5.41) is 0.00864. The van der Waals surface area contributed by atoms with Crippen LogP contribution in [0.25, 0.3) is 0 Å². The molecule has 2 saturated carbocycles. The van der Waals surface area contributed by atoms with Gasteiger partial charge >= 0.3 is 15.6 Å². The summed E-state index contributed by atoms with van der Waals surface area (Å²) in [5.41, 5.74) is 4.71. The van der Waals surface area contributed by atoms with Crippen molar-refractivity contribution < 1.29 is 66.8 Å². The van der Waals surface area contributed by atoms with Crippen molar-refractivity contribution in [2.45, 2.75) is 126 Å². The van der Waals surface area contributed by atoms with Gasteiger partial charge in [-0.3, -0.25) is 19.6 Å². The lowest BCUT2D eigenvalue weighted by molar-refractivity contribution is -0.649. The number of hydrogen-bond acceptors (Lipinski definition) is 10. The monoisotopic (exact) mass is 910 g/mol. The first-order valence-corrected chi connectivity index (χ1v) is 25.0. The number of fused-ring (bicyclic) bond motifs is 2. The summed E-state index contributed by atoms with van der Waals surface area (Å²) in [6.07, 6.45) is 15.7. The van der Waals surface area contributed by atoms with Gasteiger partial charge in [0.05, 0.1) is 23.3 Å². The van der Waals surface area contributed by atoms with Crippen LogP contribution in [0.2, 0.25) is 10.0 Å². The van der Waals surface area contributed by atoms with Crippen molar-refractivity contribution in [2.24, 2.45) is 23.7 Å². The zero-order valence-electron chi connectivity index (χ0n) is 33.0. The van der Waals surface area contributed by atoms with E-state index in [1.807, 2.05) is 0 Å². The lowest BCUT2D eigenvalue weighted by Gasteiger charge is -2.66. The summed E-state index contributed by atoms with van der Waals surface area (Å²) in [7, 11) is -9.99. The SMILES string of the molecule is O=P(O)(O)Oc1cc(C2(OCCOC3(c4ccc(Cl)c(OP(=O)(O)O)c4)OOC34C3CCCC4C4=C(CCCC4)C3)OOC23C2CCCC3C3=C(CCCC3)C2)ccc1Cl. The van der Waals surface area contributed by atoms with Crippen LogP contribution >= 0.6 is 38.8 Å². The maximum atomic E-state index is 12.1. The standard InChI is InChI=1S/C42H50Cl2O14P2/c43-35-17-15-29(23-37(35)53-59(45,46)47)41(39(55-57-41)27-9-5-13-33(39)31-11-3-1-7-25(31)21-27)51-19-20-52-42(30-16-18-36(44)38(24-30)54-60(48,49)50)40(56-58-42)28-10-6-14-34(40)32-12-4-2-8-26(32)22-28/h15-18,23-24,27-28,33-34H,1-14,19-22H2,(H2,45,46,47)(H2,48,49,50).